The van der Waals surface area contributed by atoms with E-state index in [4.69, 9.17) is 4.74 Å². The lowest BCUT2D eigenvalue weighted by atomic mass is 10.1. The lowest BCUT2D eigenvalue weighted by Gasteiger charge is -2.07. The normalized spacial score (nSPS) is 10.9. The second-order valence-electron chi connectivity index (χ2n) is 7.36. The van der Waals surface area contributed by atoms with Crippen molar-refractivity contribution in [2.24, 2.45) is 0 Å². The summed E-state index contributed by atoms with van der Waals surface area (Å²) in [4.78, 5) is 12.2. The Morgan fingerprint density at radius 3 is 2.31 bits per heavy atom. The number of hydrogen-bond acceptors (Lipinski definition) is 2. The fraction of sp³-hybridized carbons (Fsp3) is 0.423. The summed E-state index contributed by atoms with van der Waals surface area (Å²) in [6.07, 6.45) is 14.6. The Kier molecular flexibility index (Phi) is 11.3. The second-order valence-corrected chi connectivity index (χ2v) is 7.36. The van der Waals surface area contributed by atoms with E-state index in [2.05, 4.69) is 24.4 Å². The summed E-state index contributed by atoms with van der Waals surface area (Å²) in [5, 5.41) is 2.94. The van der Waals surface area contributed by atoms with E-state index in [1.165, 1.54) is 44.9 Å². The topological polar surface area (TPSA) is 38.3 Å². The maximum Gasteiger partial charge on any atom is 0.251 e. The van der Waals surface area contributed by atoms with Crippen molar-refractivity contribution in [3.8, 4) is 5.75 Å². The van der Waals surface area contributed by atoms with Gasteiger partial charge in [-0.15, -0.1) is 0 Å². The van der Waals surface area contributed by atoms with Crippen molar-refractivity contribution in [2.75, 3.05) is 6.61 Å². The minimum atomic E-state index is -0.0713. The Bertz CT molecular complexity index is 707. The Balaban J connectivity index is 1.57. The molecule has 0 spiro atoms. The molecule has 156 valence electrons. The molecule has 2 aromatic rings. The molecule has 3 nitrogen and oxygen atoms in total. The predicted octanol–water partition coefficient (Wildman–Crippen LogP) is 6.69. The molecule has 0 saturated heterocycles. The molecule has 0 fully saturated rings. The third kappa shape index (κ3) is 9.98. The molecule has 0 aliphatic rings. The highest BCUT2D eigenvalue weighted by atomic mass is 16.5. The molecular formula is C26H35NO2. The zero-order valence-corrected chi connectivity index (χ0v) is 17.7. The number of allylic oxidation sites excluding steroid dienone is 1. The molecule has 1 amide bonds. The maximum absolute atomic E-state index is 12.2. The van der Waals surface area contributed by atoms with E-state index in [-0.39, 0.29) is 5.91 Å². The molecule has 3 heteroatoms. The Morgan fingerprint density at radius 2 is 1.55 bits per heavy atom. The quantitative estimate of drug-likeness (QED) is 0.287. The van der Waals surface area contributed by atoms with E-state index in [9.17, 15) is 4.79 Å². The first kappa shape index (κ1) is 22.7. The number of amides is 1. The van der Waals surface area contributed by atoms with Crippen molar-refractivity contribution in [1.29, 1.82) is 0 Å². The van der Waals surface area contributed by atoms with Crippen LogP contribution in [0.25, 0.3) is 0 Å². The van der Waals surface area contributed by atoms with Crippen LogP contribution in [0, 0.1) is 0 Å². The zero-order valence-electron chi connectivity index (χ0n) is 17.7. The van der Waals surface area contributed by atoms with E-state index in [1.54, 1.807) is 0 Å². The number of nitrogens with one attached hydrogen (secondary N) is 1. The van der Waals surface area contributed by atoms with Crippen LogP contribution in [0.4, 0.5) is 0 Å². The monoisotopic (exact) mass is 393 g/mol. The molecular weight excluding hydrogens is 358 g/mol. The first-order valence-electron chi connectivity index (χ1n) is 11.0. The third-order valence-corrected chi connectivity index (χ3v) is 4.86. The smallest absolute Gasteiger partial charge is 0.251 e. The highest BCUT2D eigenvalue weighted by molar-refractivity contribution is 5.94. The van der Waals surface area contributed by atoms with Gasteiger partial charge in [-0.1, -0.05) is 81.5 Å². The largest absolute Gasteiger partial charge is 0.493 e. The molecule has 0 aromatic heterocycles. The van der Waals surface area contributed by atoms with Crippen LogP contribution in [-0.2, 0) is 6.54 Å². The fourth-order valence-electron chi connectivity index (χ4n) is 3.11. The first-order chi connectivity index (χ1) is 14.3. The fourth-order valence-corrected chi connectivity index (χ4v) is 3.11. The summed E-state index contributed by atoms with van der Waals surface area (Å²) < 4.78 is 5.76. The van der Waals surface area contributed by atoms with Gasteiger partial charge in [0.2, 0.25) is 0 Å². The van der Waals surface area contributed by atoms with Crippen molar-refractivity contribution < 1.29 is 9.53 Å². The van der Waals surface area contributed by atoms with Gasteiger partial charge >= 0.3 is 0 Å². The number of carbonyl (C=O) groups excluding carboxylic acids is 1. The average molecular weight is 394 g/mol. The molecule has 1 N–H and O–H groups in total. The van der Waals surface area contributed by atoms with Crippen molar-refractivity contribution in [2.45, 2.75) is 64.8 Å². The highest BCUT2D eigenvalue weighted by Crippen LogP contribution is 2.13. The second kappa shape index (κ2) is 14.4. The third-order valence-electron chi connectivity index (χ3n) is 4.86. The van der Waals surface area contributed by atoms with Gasteiger partial charge in [0, 0.05) is 12.1 Å². The first-order valence-corrected chi connectivity index (χ1v) is 11.0. The molecule has 29 heavy (non-hydrogen) atoms. The van der Waals surface area contributed by atoms with Crippen LogP contribution in [0.2, 0.25) is 0 Å². The summed E-state index contributed by atoms with van der Waals surface area (Å²) in [6, 6.07) is 17.2. The molecule has 0 saturated carbocycles. The molecule has 0 aliphatic heterocycles. The van der Waals surface area contributed by atoms with Gasteiger partial charge in [0.1, 0.15) is 5.75 Å². The van der Waals surface area contributed by atoms with Crippen LogP contribution in [0.1, 0.15) is 74.2 Å². The molecule has 0 aliphatic carbocycles. The lowest BCUT2D eigenvalue weighted by Crippen LogP contribution is -2.22. The van der Waals surface area contributed by atoms with Gasteiger partial charge < -0.3 is 10.1 Å². The van der Waals surface area contributed by atoms with Crippen molar-refractivity contribution in [3.05, 3.63) is 77.9 Å². The van der Waals surface area contributed by atoms with Gasteiger partial charge in [-0.3, -0.25) is 4.79 Å². The van der Waals surface area contributed by atoms with Crippen molar-refractivity contribution in [3.63, 3.8) is 0 Å². The SMILES string of the molecule is CCCCCCCCC=CCCOc1ccc(C(=O)NCc2ccccc2)cc1. The maximum atomic E-state index is 12.2. The number of hydrogen-bond donors (Lipinski definition) is 1. The number of unbranched alkanes of at least 4 members (excludes halogenated alkanes) is 6. The summed E-state index contributed by atoms with van der Waals surface area (Å²) in [5.41, 5.74) is 1.73. The van der Waals surface area contributed by atoms with E-state index < -0.39 is 0 Å². The number of rotatable bonds is 14. The van der Waals surface area contributed by atoms with Crippen LogP contribution in [0.15, 0.2) is 66.7 Å². The highest BCUT2D eigenvalue weighted by Gasteiger charge is 2.05. The molecule has 0 atom stereocenters. The standard InChI is InChI=1S/C26H35NO2/c1-2-3-4-5-6-7-8-9-10-14-21-29-25-19-17-24(18-20-25)26(28)27-22-23-15-12-11-13-16-23/h9-13,15-20H,2-8,14,21-22H2,1H3,(H,27,28). The number of ether oxygens (including phenoxy) is 1. The van der Waals surface area contributed by atoms with Crippen LogP contribution < -0.4 is 10.1 Å². The van der Waals surface area contributed by atoms with Gasteiger partial charge in [-0.2, -0.15) is 0 Å². The lowest BCUT2D eigenvalue weighted by molar-refractivity contribution is 0.0951. The Morgan fingerprint density at radius 1 is 0.862 bits per heavy atom. The van der Waals surface area contributed by atoms with Gasteiger partial charge in [0.25, 0.3) is 5.91 Å². The van der Waals surface area contributed by atoms with Crippen molar-refractivity contribution in [1.82, 2.24) is 5.32 Å². The van der Waals surface area contributed by atoms with Gasteiger partial charge in [0.15, 0.2) is 0 Å². The summed E-state index contributed by atoms with van der Waals surface area (Å²) in [6.45, 7) is 3.44. The molecule has 0 unspecified atom stereocenters. The predicted molar refractivity (Wildman–Crippen MR) is 121 cm³/mol. The van der Waals surface area contributed by atoms with Crippen LogP contribution in [0.3, 0.4) is 0 Å². The Labute approximate surface area is 176 Å². The van der Waals surface area contributed by atoms with Gasteiger partial charge in [0.05, 0.1) is 6.61 Å². The minimum Gasteiger partial charge on any atom is -0.493 e. The summed E-state index contributed by atoms with van der Waals surface area (Å²) in [7, 11) is 0. The summed E-state index contributed by atoms with van der Waals surface area (Å²) in [5.74, 6) is 0.729. The molecule has 2 rings (SSSR count). The number of benzene rings is 2. The van der Waals surface area contributed by atoms with Crippen LogP contribution in [-0.4, -0.2) is 12.5 Å². The van der Waals surface area contributed by atoms with E-state index in [0.29, 0.717) is 18.7 Å². The van der Waals surface area contributed by atoms with E-state index >= 15 is 0 Å². The van der Waals surface area contributed by atoms with Gasteiger partial charge in [-0.05, 0) is 49.1 Å². The molecule has 2 aromatic carbocycles. The minimum absolute atomic E-state index is 0.0713. The van der Waals surface area contributed by atoms with Gasteiger partial charge in [-0.25, -0.2) is 0 Å². The zero-order chi connectivity index (χ0) is 20.6. The van der Waals surface area contributed by atoms with Crippen LogP contribution >= 0.6 is 0 Å². The van der Waals surface area contributed by atoms with Crippen molar-refractivity contribution >= 4 is 5.91 Å². The van der Waals surface area contributed by atoms with E-state index in [1.807, 2.05) is 54.6 Å². The number of carbonyl (C=O) groups is 1. The molecule has 0 radical (unpaired) electrons. The Hall–Kier alpha value is -2.55. The summed E-state index contributed by atoms with van der Waals surface area (Å²) >= 11 is 0. The molecule has 0 bridgehead atoms. The van der Waals surface area contributed by atoms with Crippen LogP contribution in [0.5, 0.6) is 5.75 Å². The average Bonchev–Trinajstić information content (AvgIpc) is 2.77. The molecule has 0 heterocycles. The van der Waals surface area contributed by atoms with E-state index in [0.717, 1.165) is 17.7 Å².